The number of sulfonamides is 1. The molecule has 0 bridgehead atoms. The zero-order chi connectivity index (χ0) is 13.7. The maximum atomic E-state index is 11.9. The number of hydrogen-bond donors (Lipinski definition) is 2. The molecule has 2 N–H and O–H groups in total. The van der Waals surface area contributed by atoms with Crippen LogP contribution in [0, 0.1) is 0 Å². The third-order valence-electron chi connectivity index (χ3n) is 2.64. The molecular formula is C11H16N2O5S. The highest BCUT2D eigenvalue weighted by Gasteiger charge is 2.20. The summed E-state index contributed by atoms with van der Waals surface area (Å²) in [6.45, 7) is 1.35. The van der Waals surface area contributed by atoms with Crippen LogP contribution in [0.25, 0.3) is 0 Å². The summed E-state index contributed by atoms with van der Waals surface area (Å²) in [7, 11) is -3.66. The van der Waals surface area contributed by atoms with E-state index in [1.165, 1.54) is 18.3 Å². The molecular weight excluding hydrogens is 272 g/mol. The maximum absolute atomic E-state index is 11.9. The average Bonchev–Trinajstić information content (AvgIpc) is 2.46. The predicted octanol–water partition coefficient (Wildman–Crippen LogP) is -0.732. The predicted molar refractivity (Wildman–Crippen MR) is 65.9 cm³/mol. The topological polar surface area (TPSA) is 97.8 Å². The van der Waals surface area contributed by atoms with Crippen molar-refractivity contribution in [2.45, 2.75) is 17.7 Å². The molecule has 1 unspecified atom stereocenters. The Labute approximate surface area is 111 Å². The number of pyridine rings is 1. The summed E-state index contributed by atoms with van der Waals surface area (Å²) in [5.74, 6) is 0. The zero-order valence-corrected chi connectivity index (χ0v) is 11.1. The Morgan fingerprint density at radius 3 is 2.84 bits per heavy atom. The first-order chi connectivity index (χ1) is 9.12. The summed E-state index contributed by atoms with van der Waals surface area (Å²) in [5, 5.41) is 8.79. The SMILES string of the molecule is O=S(=O)(NCC1COCCO1)c1ccc(CO)cn1. The molecule has 1 fully saturated rings. The highest BCUT2D eigenvalue weighted by atomic mass is 32.2. The molecule has 0 saturated carbocycles. The molecule has 1 aromatic heterocycles. The fourth-order valence-corrected chi connectivity index (χ4v) is 2.59. The van der Waals surface area contributed by atoms with Gasteiger partial charge in [0.2, 0.25) is 0 Å². The number of ether oxygens (including phenoxy) is 2. The largest absolute Gasteiger partial charge is 0.392 e. The summed E-state index contributed by atoms with van der Waals surface area (Å²) in [4.78, 5) is 3.80. The third-order valence-corrected chi connectivity index (χ3v) is 3.98. The molecule has 1 saturated heterocycles. The van der Waals surface area contributed by atoms with Crippen LogP contribution in [0.5, 0.6) is 0 Å². The molecule has 0 aromatic carbocycles. The quantitative estimate of drug-likeness (QED) is 0.741. The minimum absolute atomic E-state index is 0.0820. The molecule has 2 heterocycles. The number of aliphatic hydroxyl groups excluding tert-OH is 1. The van der Waals surface area contributed by atoms with Gasteiger partial charge in [-0.25, -0.2) is 18.1 Å². The van der Waals surface area contributed by atoms with Crippen molar-refractivity contribution < 1.29 is 23.0 Å². The maximum Gasteiger partial charge on any atom is 0.258 e. The van der Waals surface area contributed by atoms with Crippen LogP contribution in [-0.2, 0) is 26.1 Å². The van der Waals surface area contributed by atoms with E-state index in [9.17, 15) is 8.42 Å². The van der Waals surface area contributed by atoms with Crippen LogP contribution < -0.4 is 4.72 Å². The van der Waals surface area contributed by atoms with E-state index in [0.29, 0.717) is 25.4 Å². The Morgan fingerprint density at radius 1 is 1.42 bits per heavy atom. The fourth-order valence-electron chi connectivity index (χ4n) is 1.59. The van der Waals surface area contributed by atoms with Gasteiger partial charge in [0.1, 0.15) is 0 Å². The normalized spacial score (nSPS) is 20.4. The lowest BCUT2D eigenvalue weighted by Gasteiger charge is -2.22. The highest BCUT2D eigenvalue weighted by Crippen LogP contribution is 2.07. The molecule has 8 heteroatoms. The number of hydrogen-bond acceptors (Lipinski definition) is 6. The first-order valence-electron chi connectivity index (χ1n) is 5.86. The minimum Gasteiger partial charge on any atom is -0.392 e. The monoisotopic (exact) mass is 288 g/mol. The van der Waals surface area contributed by atoms with Gasteiger partial charge in [0, 0.05) is 12.7 Å². The standard InChI is InChI=1S/C11H16N2O5S/c14-7-9-1-2-11(12-5-9)19(15,16)13-6-10-8-17-3-4-18-10/h1-2,5,10,13-14H,3-4,6-8H2. The fraction of sp³-hybridized carbons (Fsp3) is 0.545. The van der Waals surface area contributed by atoms with Crippen molar-refractivity contribution in [3.8, 4) is 0 Å². The zero-order valence-electron chi connectivity index (χ0n) is 10.3. The van der Waals surface area contributed by atoms with Crippen molar-refractivity contribution in [1.29, 1.82) is 0 Å². The van der Waals surface area contributed by atoms with Gasteiger partial charge < -0.3 is 14.6 Å². The summed E-state index contributed by atoms with van der Waals surface area (Å²) < 4.78 is 36.8. The van der Waals surface area contributed by atoms with Crippen LogP contribution in [-0.4, -0.2) is 51.0 Å². The van der Waals surface area contributed by atoms with Crippen LogP contribution in [0.2, 0.25) is 0 Å². The van der Waals surface area contributed by atoms with Crippen molar-refractivity contribution in [3.63, 3.8) is 0 Å². The second kappa shape index (κ2) is 6.40. The highest BCUT2D eigenvalue weighted by molar-refractivity contribution is 7.89. The lowest BCUT2D eigenvalue weighted by molar-refractivity contribution is -0.0847. The van der Waals surface area contributed by atoms with Gasteiger partial charge in [0.15, 0.2) is 5.03 Å². The average molecular weight is 288 g/mol. The first kappa shape index (κ1) is 14.4. The van der Waals surface area contributed by atoms with E-state index in [4.69, 9.17) is 14.6 Å². The number of aliphatic hydroxyl groups is 1. The molecule has 7 nitrogen and oxygen atoms in total. The van der Waals surface area contributed by atoms with Gasteiger partial charge in [0.25, 0.3) is 10.0 Å². The van der Waals surface area contributed by atoms with E-state index in [0.717, 1.165) is 0 Å². The van der Waals surface area contributed by atoms with Crippen LogP contribution in [0.3, 0.4) is 0 Å². The van der Waals surface area contributed by atoms with Gasteiger partial charge in [-0.15, -0.1) is 0 Å². The van der Waals surface area contributed by atoms with E-state index >= 15 is 0 Å². The van der Waals surface area contributed by atoms with Gasteiger partial charge in [-0.1, -0.05) is 6.07 Å². The molecule has 0 spiro atoms. The summed E-state index contributed by atoms with van der Waals surface area (Å²) >= 11 is 0. The number of nitrogens with one attached hydrogen (secondary N) is 1. The second-order valence-corrected chi connectivity index (χ2v) is 5.80. The van der Waals surface area contributed by atoms with Gasteiger partial charge in [-0.05, 0) is 11.6 Å². The van der Waals surface area contributed by atoms with E-state index < -0.39 is 10.0 Å². The summed E-state index contributed by atoms with van der Waals surface area (Å²) in [6.07, 6.45) is 1.05. The van der Waals surface area contributed by atoms with Crippen molar-refractivity contribution in [1.82, 2.24) is 9.71 Å². The lowest BCUT2D eigenvalue weighted by Crippen LogP contribution is -2.39. The van der Waals surface area contributed by atoms with Crippen molar-refractivity contribution >= 4 is 10.0 Å². The van der Waals surface area contributed by atoms with Gasteiger partial charge >= 0.3 is 0 Å². The summed E-state index contributed by atoms with van der Waals surface area (Å²) in [5.41, 5.74) is 0.558. The molecule has 1 atom stereocenters. The van der Waals surface area contributed by atoms with Gasteiger partial charge in [-0.2, -0.15) is 0 Å². The van der Waals surface area contributed by atoms with Crippen LogP contribution in [0.15, 0.2) is 23.4 Å². The van der Waals surface area contributed by atoms with Gasteiger partial charge in [-0.3, -0.25) is 0 Å². The molecule has 106 valence electrons. The van der Waals surface area contributed by atoms with E-state index in [-0.39, 0.29) is 24.3 Å². The van der Waals surface area contributed by atoms with Gasteiger partial charge in [0.05, 0.1) is 32.5 Å². The Balaban J connectivity index is 1.96. The Kier molecular flexibility index (Phi) is 4.83. The van der Waals surface area contributed by atoms with E-state index in [1.807, 2.05) is 0 Å². The molecule has 2 rings (SSSR count). The van der Waals surface area contributed by atoms with Crippen molar-refractivity contribution in [3.05, 3.63) is 23.9 Å². The Bertz CT molecular complexity index is 496. The molecule has 0 amide bonds. The Morgan fingerprint density at radius 2 is 2.26 bits per heavy atom. The van der Waals surface area contributed by atoms with Crippen LogP contribution in [0.1, 0.15) is 5.56 Å². The second-order valence-electron chi connectivity index (χ2n) is 4.08. The van der Waals surface area contributed by atoms with Crippen LogP contribution >= 0.6 is 0 Å². The lowest BCUT2D eigenvalue weighted by atomic mass is 10.3. The number of nitrogens with zero attached hydrogens (tertiary/aromatic N) is 1. The first-order valence-corrected chi connectivity index (χ1v) is 7.35. The Hall–Kier alpha value is -1.06. The molecule has 1 aromatic rings. The van der Waals surface area contributed by atoms with Crippen molar-refractivity contribution in [2.24, 2.45) is 0 Å². The molecule has 0 radical (unpaired) electrons. The number of rotatable bonds is 5. The third kappa shape index (κ3) is 3.95. The van der Waals surface area contributed by atoms with Crippen LogP contribution in [0.4, 0.5) is 0 Å². The molecule has 1 aliphatic heterocycles. The van der Waals surface area contributed by atoms with E-state index in [1.54, 1.807) is 0 Å². The molecule has 19 heavy (non-hydrogen) atoms. The number of aromatic nitrogens is 1. The van der Waals surface area contributed by atoms with Crippen molar-refractivity contribution in [2.75, 3.05) is 26.4 Å². The summed E-state index contributed by atoms with van der Waals surface area (Å²) in [6, 6.07) is 2.87. The molecule has 1 aliphatic rings. The van der Waals surface area contributed by atoms with E-state index in [2.05, 4.69) is 9.71 Å². The smallest absolute Gasteiger partial charge is 0.258 e. The molecule has 0 aliphatic carbocycles. The minimum atomic E-state index is -3.66.